The molecular formula is C8H17N3. The average Bonchev–Trinajstić information content (AvgIpc) is 2.32. The molecule has 0 amide bonds. The number of guanidine groups is 1. The van der Waals surface area contributed by atoms with Gasteiger partial charge in [-0.05, 0) is 12.8 Å². The molecule has 0 aliphatic carbocycles. The molecule has 0 aromatic heterocycles. The zero-order chi connectivity index (χ0) is 8.48. The average molecular weight is 155 g/mol. The molecule has 0 aromatic carbocycles. The maximum Gasteiger partial charge on any atom is 0.191 e. The zero-order valence-corrected chi connectivity index (χ0v) is 7.59. The van der Waals surface area contributed by atoms with Crippen LogP contribution in [0.15, 0.2) is 4.99 Å². The van der Waals surface area contributed by atoms with Gasteiger partial charge >= 0.3 is 0 Å². The summed E-state index contributed by atoms with van der Waals surface area (Å²) >= 11 is 0. The lowest BCUT2D eigenvalue weighted by atomic mass is 9.92. The molecule has 2 N–H and O–H groups in total. The van der Waals surface area contributed by atoms with Gasteiger partial charge in [0, 0.05) is 7.05 Å². The Bertz CT molecular complexity index is 170. The van der Waals surface area contributed by atoms with E-state index in [0.717, 1.165) is 19.4 Å². The smallest absolute Gasteiger partial charge is 0.191 e. The summed E-state index contributed by atoms with van der Waals surface area (Å²) in [6.07, 6.45) is 2.23. The van der Waals surface area contributed by atoms with Crippen molar-refractivity contribution in [3.05, 3.63) is 0 Å². The first-order valence-electron chi connectivity index (χ1n) is 4.20. The molecular weight excluding hydrogens is 138 g/mol. The Labute approximate surface area is 68.3 Å². The molecule has 0 atom stereocenters. The lowest BCUT2D eigenvalue weighted by Crippen LogP contribution is -2.48. The van der Waals surface area contributed by atoms with Crippen LogP contribution in [0.3, 0.4) is 0 Å². The van der Waals surface area contributed by atoms with E-state index < -0.39 is 0 Å². The fraction of sp³-hybridized carbons (Fsp3) is 0.875. The van der Waals surface area contributed by atoms with E-state index >= 15 is 0 Å². The molecule has 1 aliphatic rings. The molecule has 0 saturated carbocycles. The molecule has 0 aromatic rings. The molecule has 11 heavy (non-hydrogen) atoms. The lowest BCUT2D eigenvalue weighted by Gasteiger charge is -2.34. The topological polar surface area (TPSA) is 41.6 Å². The van der Waals surface area contributed by atoms with Gasteiger partial charge in [0.25, 0.3) is 0 Å². The predicted octanol–water partition coefficient (Wildman–Crippen LogP) is 0.805. The van der Waals surface area contributed by atoms with Crippen LogP contribution in [0.1, 0.15) is 26.7 Å². The highest BCUT2D eigenvalue weighted by molar-refractivity contribution is 5.80. The molecule has 0 radical (unpaired) electrons. The maximum absolute atomic E-state index is 5.68. The minimum absolute atomic E-state index is 0.212. The first-order chi connectivity index (χ1) is 5.16. The minimum Gasteiger partial charge on any atom is -0.370 e. The molecule has 3 heteroatoms. The Hall–Kier alpha value is -0.730. The highest BCUT2D eigenvalue weighted by Gasteiger charge is 2.36. The Morgan fingerprint density at radius 3 is 2.27 bits per heavy atom. The highest BCUT2D eigenvalue weighted by Crippen LogP contribution is 2.26. The summed E-state index contributed by atoms with van der Waals surface area (Å²) in [5, 5.41) is 0. The molecule has 1 aliphatic heterocycles. The van der Waals surface area contributed by atoms with Gasteiger partial charge in [-0.3, -0.25) is 4.99 Å². The second-order valence-electron chi connectivity index (χ2n) is 3.16. The standard InChI is InChI=1S/C8H17N3/c1-4-8(5-2)6-10-7(9)11(8)3/h4-6H2,1-3H3,(H2,9,10). The third kappa shape index (κ3) is 1.08. The SMILES string of the molecule is CCC1(CC)CN=C(N)N1C. The van der Waals surface area contributed by atoms with Crippen molar-refractivity contribution in [3.8, 4) is 0 Å². The van der Waals surface area contributed by atoms with Gasteiger partial charge in [-0.1, -0.05) is 13.8 Å². The van der Waals surface area contributed by atoms with Crippen LogP contribution in [0.2, 0.25) is 0 Å². The largest absolute Gasteiger partial charge is 0.370 e. The summed E-state index contributed by atoms with van der Waals surface area (Å²) in [6.45, 7) is 5.24. The molecule has 0 bridgehead atoms. The van der Waals surface area contributed by atoms with Crippen LogP contribution in [0.5, 0.6) is 0 Å². The van der Waals surface area contributed by atoms with Gasteiger partial charge in [-0.2, -0.15) is 0 Å². The summed E-state index contributed by atoms with van der Waals surface area (Å²) in [6, 6.07) is 0. The number of nitrogens with two attached hydrogens (primary N) is 1. The summed E-state index contributed by atoms with van der Waals surface area (Å²) in [5.74, 6) is 0.689. The van der Waals surface area contributed by atoms with E-state index in [4.69, 9.17) is 5.73 Å². The first-order valence-corrected chi connectivity index (χ1v) is 4.20. The Morgan fingerprint density at radius 1 is 1.55 bits per heavy atom. The van der Waals surface area contributed by atoms with Crippen LogP contribution in [0.4, 0.5) is 0 Å². The molecule has 64 valence electrons. The number of aliphatic imine (C=N–C) groups is 1. The Morgan fingerprint density at radius 2 is 2.09 bits per heavy atom. The van der Waals surface area contributed by atoms with Crippen molar-refractivity contribution >= 4 is 5.96 Å². The Balaban J connectivity index is 2.76. The van der Waals surface area contributed by atoms with Gasteiger partial charge in [-0.15, -0.1) is 0 Å². The van der Waals surface area contributed by atoms with Crippen LogP contribution in [-0.4, -0.2) is 30.0 Å². The maximum atomic E-state index is 5.68. The summed E-state index contributed by atoms with van der Waals surface area (Å²) < 4.78 is 0. The lowest BCUT2D eigenvalue weighted by molar-refractivity contribution is 0.219. The van der Waals surface area contributed by atoms with E-state index in [2.05, 4.69) is 23.7 Å². The normalized spacial score (nSPS) is 22.1. The monoisotopic (exact) mass is 155 g/mol. The third-order valence-corrected chi connectivity index (χ3v) is 2.91. The van der Waals surface area contributed by atoms with Gasteiger partial charge in [0.15, 0.2) is 5.96 Å². The van der Waals surface area contributed by atoms with E-state index in [1.165, 1.54) is 0 Å². The van der Waals surface area contributed by atoms with Crippen molar-refractivity contribution in [3.63, 3.8) is 0 Å². The second kappa shape index (κ2) is 2.72. The van der Waals surface area contributed by atoms with Crippen molar-refractivity contribution in [2.75, 3.05) is 13.6 Å². The van der Waals surface area contributed by atoms with E-state index in [-0.39, 0.29) is 5.54 Å². The second-order valence-corrected chi connectivity index (χ2v) is 3.16. The third-order valence-electron chi connectivity index (χ3n) is 2.91. The fourth-order valence-corrected chi connectivity index (χ4v) is 1.63. The van der Waals surface area contributed by atoms with Crippen molar-refractivity contribution in [2.45, 2.75) is 32.2 Å². The molecule has 1 rings (SSSR count). The van der Waals surface area contributed by atoms with E-state index in [9.17, 15) is 0 Å². The van der Waals surface area contributed by atoms with Crippen LogP contribution in [0.25, 0.3) is 0 Å². The van der Waals surface area contributed by atoms with E-state index in [0.29, 0.717) is 5.96 Å². The van der Waals surface area contributed by atoms with Crippen molar-refractivity contribution < 1.29 is 0 Å². The number of nitrogens with zero attached hydrogens (tertiary/aromatic N) is 2. The van der Waals surface area contributed by atoms with Gasteiger partial charge in [0.2, 0.25) is 0 Å². The van der Waals surface area contributed by atoms with Gasteiger partial charge < -0.3 is 10.6 Å². The Kier molecular flexibility index (Phi) is 2.07. The van der Waals surface area contributed by atoms with E-state index in [1.54, 1.807) is 0 Å². The van der Waals surface area contributed by atoms with Crippen molar-refractivity contribution in [2.24, 2.45) is 10.7 Å². The van der Waals surface area contributed by atoms with Crippen LogP contribution >= 0.6 is 0 Å². The van der Waals surface area contributed by atoms with E-state index in [1.807, 2.05) is 7.05 Å². The zero-order valence-electron chi connectivity index (χ0n) is 7.59. The van der Waals surface area contributed by atoms with Gasteiger partial charge in [0.1, 0.15) is 0 Å². The molecule has 1 heterocycles. The quantitative estimate of drug-likeness (QED) is 0.641. The van der Waals surface area contributed by atoms with Crippen LogP contribution in [-0.2, 0) is 0 Å². The summed E-state index contributed by atoms with van der Waals surface area (Å²) in [7, 11) is 2.03. The van der Waals surface area contributed by atoms with Crippen molar-refractivity contribution in [1.82, 2.24) is 4.90 Å². The number of likely N-dealkylation sites (N-methyl/N-ethyl adjacent to an activating group) is 1. The molecule has 0 unspecified atom stereocenters. The van der Waals surface area contributed by atoms with Gasteiger partial charge in [0.05, 0.1) is 12.1 Å². The summed E-state index contributed by atoms with van der Waals surface area (Å²) in [4.78, 5) is 6.34. The number of rotatable bonds is 2. The number of hydrogen-bond acceptors (Lipinski definition) is 3. The first kappa shape index (κ1) is 8.37. The van der Waals surface area contributed by atoms with Crippen LogP contribution in [0, 0.1) is 0 Å². The fourth-order valence-electron chi connectivity index (χ4n) is 1.63. The molecule has 3 nitrogen and oxygen atoms in total. The van der Waals surface area contributed by atoms with Crippen molar-refractivity contribution in [1.29, 1.82) is 0 Å². The molecule has 0 fully saturated rings. The molecule has 0 saturated heterocycles. The minimum atomic E-state index is 0.212. The number of hydrogen-bond donors (Lipinski definition) is 1. The van der Waals surface area contributed by atoms with Gasteiger partial charge in [-0.25, -0.2) is 0 Å². The van der Waals surface area contributed by atoms with Crippen LogP contribution < -0.4 is 5.73 Å². The summed E-state index contributed by atoms with van der Waals surface area (Å²) in [5.41, 5.74) is 5.89. The predicted molar refractivity (Wildman–Crippen MR) is 47.6 cm³/mol. The molecule has 0 spiro atoms. The highest BCUT2D eigenvalue weighted by atomic mass is 15.3.